The fourth-order valence-electron chi connectivity index (χ4n) is 1.74. The van der Waals surface area contributed by atoms with E-state index in [4.69, 9.17) is 8.92 Å². The highest BCUT2D eigenvalue weighted by Crippen LogP contribution is 2.23. The first kappa shape index (κ1) is 15.8. The quantitative estimate of drug-likeness (QED) is 0.855. The van der Waals surface area contributed by atoms with Crippen LogP contribution >= 0.6 is 0 Å². The number of ether oxygens (including phenoxy) is 1. The van der Waals surface area contributed by atoms with Gasteiger partial charge in [0.2, 0.25) is 5.91 Å². The van der Waals surface area contributed by atoms with Crippen molar-refractivity contribution in [3.05, 3.63) is 48.5 Å². The summed E-state index contributed by atoms with van der Waals surface area (Å²) in [6, 6.07) is 12.0. The predicted molar refractivity (Wildman–Crippen MR) is 81.6 cm³/mol. The number of anilines is 1. The molecule has 0 aliphatic carbocycles. The summed E-state index contributed by atoms with van der Waals surface area (Å²) in [6.07, 6.45) is 0. The minimum Gasteiger partial charge on any atom is -0.497 e. The van der Waals surface area contributed by atoms with E-state index in [1.165, 1.54) is 50.4 Å². The van der Waals surface area contributed by atoms with E-state index in [0.29, 0.717) is 11.4 Å². The Morgan fingerprint density at radius 2 is 1.68 bits per heavy atom. The molecule has 7 heteroatoms. The molecule has 0 atom stereocenters. The van der Waals surface area contributed by atoms with Crippen molar-refractivity contribution in [1.29, 1.82) is 0 Å². The van der Waals surface area contributed by atoms with Gasteiger partial charge >= 0.3 is 10.1 Å². The molecule has 0 spiro atoms. The second kappa shape index (κ2) is 6.48. The zero-order chi connectivity index (χ0) is 16.2. The largest absolute Gasteiger partial charge is 0.497 e. The molecule has 0 aromatic heterocycles. The highest BCUT2D eigenvalue weighted by molar-refractivity contribution is 7.87. The average Bonchev–Trinajstić information content (AvgIpc) is 2.47. The van der Waals surface area contributed by atoms with Gasteiger partial charge in [0, 0.05) is 18.7 Å². The van der Waals surface area contributed by atoms with Crippen molar-refractivity contribution in [2.24, 2.45) is 0 Å². The topological polar surface area (TPSA) is 81.7 Å². The standard InChI is InChI=1S/C15H15NO5S/c1-11(17)16-12-6-8-15(9-7-12)22(18,19)21-14-5-3-4-13(10-14)20-2/h3-10H,1-2H3,(H,16,17). The molecular formula is C15H15NO5S. The van der Waals surface area contributed by atoms with Crippen molar-refractivity contribution < 1.29 is 22.1 Å². The molecule has 0 saturated carbocycles. The van der Waals surface area contributed by atoms with Crippen LogP contribution in [-0.4, -0.2) is 21.4 Å². The predicted octanol–water partition coefficient (Wildman–Crippen LogP) is 2.42. The molecule has 1 amide bonds. The molecule has 6 nitrogen and oxygen atoms in total. The van der Waals surface area contributed by atoms with Crippen molar-refractivity contribution in [3.63, 3.8) is 0 Å². The third-order valence-electron chi connectivity index (χ3n) is 2.71. The van der Waals surface area contributed by atoms with Gasteiger partial charge in [-0.1, -0.05) is 6.07 Å². The van der Waals surface area contributed by atoms with Crippen molar-refractivity contribution in [3.8, 4) is 11.5 Å². The van der Waals surface area contributed by atoms with Crippen LogP contribution in [0.1, 0.15) is 6.92 Å². The summed E-state index contributed by atoms with van der Waals surface area (Å²) in [7, 11) is -2.47. The molecular weight excluding hydrogens is 306 g/mol. The van der Waals surface area contributed by atoms with Crippen molar-refractivity contribution >= 4 is 21.7 Å². The van der Waals surface area contributed by atoms with Crippen LogP contribution in [0.25, 0.3) is 0 Å². The number of rotatable bonds is 5. The van der Waals surface area contributed by atoms with Gasteiger partial charge in [-0.2, -0.15) is 8.42 Å². The van der Waals surface area contributed by atoms with Crippen LogP contribution in [0.5, 0.6) is 11.5 Å². The van der Waals surface area contributed by atoms with Gasteiger partial charge in [-0.3, -0.25) is 4.79 Å². The summed E-state index contributed by atoms with van der Waals surface area (Å²) in [5.74, 6) is 0.419. The molecule has 1 N–H and O–H groups in total. The minimum atomic E-state index is -3.95. The molecule has 0 heterocycles. The SMILES string of the molecule is COc1cccc(OS(=O)(=O)c2ccc(NC(C)=O)cc2)c1. The third-order valence-corrected chi connectivity index (χ3v) is 3.97. The molecule has 0 bridgehead atoms. The second-order valence-corrected chi connectivity index (χ2v) is 5.97. The molecule has 2 aromatic rings. The maximum Gasteiger partial charge on any atom is 0.339 e. The number of benzene rings is 2. The Morgan fingerprint density at radius 1 is 1.05 bits per heavy atom. The van der Waals surface area contributed by atoms with Crippen LogP contribution in [0.3, 0.4) is 0 Å². The number of hydrogen-bond donors (Lipinski definition) is 1. The first-order chi connectivity index (χ1) is 10.4. The highest BCUT2D eigenvalue weighted by Gasteiger charge is 2.17. The van der Waals surface area contributed by atoms with E-state index in [-0.39, 0.29) is 16.6 Å². The van der Waals surface area contributed by atoms with E-state index < -0.39 is 10.1 Å². The third kappa shape index (κ3) is 3.98. The molecule has 0 aliphatic heterocycles. The van der Waals surface area contributed by atoms with E-state index in [0.717, 1.165) is 0 Å². The molecule has 0 fully saturated rings. The highest BCUT2D eigenvalue weighted by atomic mass is 32.2. The summed E-state index contributed by atoms with van der Waals surface area (Å²) in [4.78, 5) is 10.9. The van der Waals surface area contributed by atoms with E-state index in [1.54, 1.807) is 12.1 Å². The lowest BCUT2D eigenvalue weighted by atomic mass is 10.3. The lowest BCUT2D eigenvalue weighted by molar-refractivity contribution is -0.114. The molecule has 2 aromatic carbocycles. The summed E-state index contributed by atoms with van der Waals surface area (Å²) in [6.45, 7) is 1.37. The van der Waals surface area contributed by atoms with Crippen molar-refractivity contribution in [2.75, 3.05) is 12.4 Å². The van der Waals surface area contributed by atoms with Gasteiger partial charge in [0.25, 0.3) is 0 Å². The van der Waals surface area contributed by atoms with Crippen molar-refractivity contribution in [2.45, 2.75) is 11.8 Å². The van der Waals surface area contributed by atoms with Crippen LogP contribution in [0.15, 0.2) is 53.4 Å². The van der Waals surface area contributed by atoms with Gasteiger partial charge in [0.1, 0.15) is 16.4 Å². The first-order valence-electron chi connectivity index (χ1n) is 6.37. The molecule has 0 saturated heterocycles. The zero-order valence-electron chi connectivity index (χ0n) is 12.1. The maximum absolute atomic E-state index is 12.2. The fourth-order valence-corrected chi connectivity index (χ4v) is 2.66. The van der Waals surface area contributed by atoms with Gasteiger partial charge in [-0.25, -0.2) is 0 Å². The van der Waals surface area contributed by atoms with Gasteiger partial charge in [-0.05, 0) is 36.4 Å². The number of carbonyl (C=O) groups excluding carboxylic acids is 1. The number of amides is 1. The number of carbonyl (C=O) groups is 1. The number of nitrogens with one attached hydrogen (secondary N) is 1. The Bertz CT molecular complexity index is 769. The Morgan fingerprint density at radius 3 is 2.27 bits per heavy atom. The molecule has 2 rings (SSSR count). The van der Waals surface area contributed by atoms with Crippen LogP contribution < -0.4 is 14.2 Å². The molecule has 22 heavy (non-hydrogen) atoms. The Labute approximate surface area is 128 Å². The molecule has 0 unspecified atom stereocenters. The molecule has 116 valence electrons. The Hall–Kier alpha value is -2.54. The van der Waals surface area contributed by atoms with Gasteiger partial charge in [0.05, 0.1) is 7.11 Å². The smallest absolute Gasteiger partial charge is 0.339 e. The van der Waals surface area contributed by atoms with E-state index in [9.17, 15) is 13.2 Å². The van der Waals surface area contributed by atoms with E-state index in [2.05, 4.69) is 5.32 Å². The normalized spacial score (nSPS) is 10.8. The second-order valence-electron chi connectivity index (χ2n) is 4.42. The van der Waals surface area contributed by atoms with Gasteiger partial charge in [-0.15, -0.1) is 0 Å². The van der Waals surface area contributed by atoms with E-state index in [1.807, 2.05) is 0 Å². The summed E-state index contributed by atoms with van der Waals surface area (Å²) in [5.41, 5.74) is 0.507. The summed E-state index contributed by atoms with van der Waals surface area (Å²) < 4.78 is 34.4. The molecule has 0 radical (unpaired) electrons. The zero-order valence-corrected chi connectivity index (χ0v) is 12.9. The van der Waals surface area contributed by atoms with Crippen LogP contribution in [0, 0.1) is 0 Å². The lowest BCUT2D eigenvalue weighted by Gasteiger charge is -2.09. The first-order valence-corrected chi connectivity index (χ1v) is 7.78. The number of hydrogen-bond acceptors (Lipinski definition) is 5. The average molecular weight is 321 g/mol. The van der Waals surface area contributed by atoms with Crippen molar-refractivity contribution in [1.82, 2.24) is 0 Å². The Balaban J connectivity index is 2.20. The molecule has 0 aliphatic rings. The number of methoxy groups -OCH3 is 1. The van der Waals surface area contributed by atoms with Crippen LogP contribution in [-0.2, 0) is 14.9 Å². The van der Waals surface area contributed by atoms with Crippen LogP contribution in [0.4, 0.5) is 5.69 Å². The minimum absolute atomic E-state index is 0.00979. The summed E-state index contributed by atoms with van der Waals surface area (Å²) in [5, 5.41) is 2.56. The fraction of sp³-hybridized carbons (Fsp3) is 0.133. The van der Waals surface area contributed by atoms with Gasteiger partial charge in [0.15, 0.2) is 0 Å². The monoisotopic (exact) mass is 321 g/mol. The lowest BCUT2D eigenvalue weighted by Crippen LogP contribution is -2.10. The van der Waals surface area contributed by atoms with Gasteiger partial charge < -0.3 is 14.2 Å². The Kier molecular flexibility index (Phi) is 4.67. The van der Waals surface area contributed by atoms with Crippen LogP contribution in [0.2, 0.25) is 0 Å². The summed E-state index contributed by atoms with van der Waals surface area (Å²) >= 11 is 0. The maximum atomic E-state index is 12.2. The van der Waals surface area contributed by atoms with E-state index >= 15 is 0 Å².